The van der Waals surface area contributed by atoms with E-state index in [9.17, 15) is 27.6 Å². The monoisotopic (exact) mass is 654 g/mol. The van der Waals surface area contributed by atoms with Crippen LogP contribution in [0.2, 0.25) is 0 Å². The molecule has 0 unspecified atom stereocenters. The summed E-state index contributed by atoms with van der Waals surface area (Å²) in [6.45, 7) is 6.17. The molecule has 0 aliphatic carbocycles. The molecule has 2 saturated heterocycles. The Bertz CT molecular complexity index is 1820. The van der Waals surface area contributed by atoms with Crippen LogP contribution in [-0.2, 0) is 29.3 Å². The fraction of sp³-hybridized carbons (Fsp3) is 0.424. The van der Waals surface area contributed by atoms with Crippen LogP contribution in [0, 0.1) is 0 Å². The Morgan fingerprint density at radius 2 is 1.60 bits per heavy atom. The summed E-state index contributed by atoms with van der Waals surface area (Å²) < 4.78 is 52.5. The van der Waals surface area contributed by atoms with Gasteiger partial charge in [-0.15, -0.1) is 0 Å². The predicted molar refractivity (Wildman–Crippen MR) is 171 cm³/mol. The third-order valence-electron chi connectivity index (χ3n) is 8.80. The van der Waals surface area contributed by atoms with Gasteiger partial charge in [-0.1, -0.05) is 0 Å². The first-order valence-electron chi connectivity index (χ1n) is 15.6. The van der Waals surface area contributed by atoms with Crippen molar-refractivity contribution < 1.29 is 27.4 Å². The number of aromatic nitrogens is 3. The van der Waals surface area contributed by atoms with Crippen LogP contribution < -0.4 is 20.9 Å². The summed E-state index contributed by atoms with van der Waals surface area (Å²) >= 11 is 0. The van der Waals surface area contributed by atoms with Gasteiger partial charge in [0.25, 0.3) is 11.5 Å². The van der Waals surface area contributed by atoms with Gasteiger partial charge < -0.3 is 24.3 Å². The largest absolute Gasteiger partial charge is 0.484 e. The number of piperazine rings is 1. The molecule has 0 atom stereocenters. The third-order valence-corrected chi connectivity index (χ3v) is 8.80. The highest BCUT2D eigenvalue weighted by molar-refractivity contribution is 5.82. The SMILES string of the molecule is Cn1c(=O)c2[nH]c(-c3ccc(OCC(=O)N4CCN(c5ccc(C(F)(F)F)cc5)CC4)cc3)cc2n(CCCN2CCOCC2)c1=O. The minimum atomic E-state index is -4.38. The predicted octanol–water partition coefficient (Wildman–Crippen LogP) is 3.16. The van der Waals surface area contributed by atoms with Gasteiger partial charge in [0, 0.05) is 70.8 Å². The lowest BCUT2D eigenvalue weighted by molar-refractivity contribution is -0.137. The summed E-state index contributed by atoms with van der Waals surface area (Å²) in [4.78, 5) is 47.9. The first-order chi connectivity index (χ1) is 22.6. The van der Waals surface area contributed by atoms with Crippen molar-refractivity contribution in [3.63, 3.8) is 0 Å². The van der Waals surface area contributed by atoms with Gasteiger partial charge in [-0.2, -0.15) is 13.2 Å². The van der Waals surface area contributed by atoms with Crippen molar-refractivity contribution in [2.45, 2.75) is 19.1 Å². The second-order valence-electron chi connectivity index (χ2n) is 11.8. The van der Waals surface area contributed by atoms with Gasteiger partial charge in [0.15, 0.2) is 6.61 Å². The van der Waals surface area contributed by atoms with Crippen LogP contribution in [0.25, 0.3) is 22.3 Å². The van der Waals surface area contributed by atoms with Crippen molar-refractivity contribution in [3.8, 4) is 17.0 Å². The average molecular weight is 655 g/mol. The Balaban J connectivity index is 1.05. The van der Waals surface area contributed by atoms with Gasteiger partial charge >= 0.3 is 11.9 Å². The second-order valence-corrected chi connectivity index (χ2v) is 11.8. The molecule has 6 rings (SSSR count). The van der Waals surface area contributed by atoms with E-state index in [2.05, 4.69) is 9.88 Å². The Labute approximate surface area is 268 Å². The number of nitrogens with zero attached hydrogens (tertiary/aromatic N) is 5. The summed E-state index contributed by atoms with van der Waals surface area (Å²) in [6, 6.07) is 14.0. The first-order valence-corrected chi connectivity index (χ1v) is 15.6. The molecular weight excluding hydrogens is 617 g/mol. The molecule has 1 N–H and O–H groups in total. The molecule has 0 spiro atoms. The number of carbonyl (C=O) groups excluding carboxylic acids is 1. The molecule has 1 amide bonds. The summed E-state index contributed by atoms with van der Waals surface area (Å²) in [5, 5.41) is 0. The molecule has 2 fully saturated rings. The van der Waals surface area contributed by atoms with Crippen molar-refractivity contribution in [1.29, 1.82) is 0 Å². The Kier molecular flexibility index (Phi) is 9.41. The molecule has 4 heterocycles. The Morgan fingerprint density at radius 3 is 2.26 bits per heavy atom. The van der Waals surface area contributed by atoms with Gasteiger partial charge in [0.2, 0.25) is 0 Å². The summed E-state index contributed by atoms with van der Waals surface area (Å²) in [5.74, 6) is 0.316. The molecule has 4 aromatic rings. The van der Waals surface area contributed by atoms with Crippen LogP contribution in [0.1, 0.15) is 12.0 Å². The van der Waals surface area contributed by atoms with E-state index in [0.29, 0.717) is 74.1 Å². The van der Waals surface area contributed by atoms with Crippen LogP contribution in [-0.4, -0.2) is 95.5 Å². The van der Waals surface area contributed by atoms with Gasteiger partial charge in [-0.05, 0) is 66.6 Å². The van der Waals surface area contributed by atoms with E-state index in [1.807, 2.05) is 23.1 Å². The molecule has 11 nitrogen and oxygen atoms in total. The number of halogens is 3. The number of alkyl halides is 3. The van der Waals surface area contributed by atoms with Crippen molar-refractivity contribution in [3.05, 3.63) is 81.0 Å². The smallest absolute Gasteiger partial charge is 0.416 e. The maximum absolute atomic E-state index is 13.0. The summed E-state index contributed by atoms with van der Waals surface area (Å²) in [7, 11) is 1.48. The molecule has 0 saturated carbocycles. The van der Waals surface area contributed by atoms with Gasteiger partial charge in [0.05, 0.1) is 24.3 Å². The molecule has 0 radical (unpaired) electrons. The van der Waals surface area contributed by atoms with Crippen LogP contribution >= 0.6 is 0 Å². The molecule has 2 aliphatic heterocycles. The highest BCUT2D eigenvalue weighted by Gasteiger charge is 2.30. The van der Waals surface area contributed by atoms with Crippen LogP contribution in [0.3, 0.4) is 0 Å². The minimum Gasteiger partial charge on any atom is -0.484 e. The van der Waals surface area contributed by atoms with E-state index >= 15 is 0 Å². The number of hydrogen-bond acceptors (Lipinski definition) is 7. The number of benzene rings is 2. The fourth-order valence-electron chi connectivity index (χ4n) is 6.05. The van der Waals surface area contributed by atoms with Crippen molar-refractivity contribution >= 4 is 22.6 Å². The zero-order valence-corrected chi connectivity index (χ0v) is 26.1. The number of nitrogens with one attached hydrogen (secondary N) is 1. The highest BCUT2D eigenvalue weighted by atomic mass is 19.4. The van der Waals surface area contributed by atoms with E-state index in [0.717, 1.165) is 48.3 Å². The number of rotatable bonds is 9. The molecular formula is C33H37F3N6O5. The summed E-state index contributed by atoms with van der Waals surface area (Å²) in [6.07, 6.45) is -3.62. The number of hydrogen-bond donors (Lipinski definition) is 1. The lowest BCUT2D eigenvalue weighted by Gasteiger charge is -2.36. The number of H-pyrrole nitrogens is 1. The number of anilines is 1. The molecule has 2 aromatic carbocycles. The molecule has 250 valence electrons. The van der Waals surface area contributed by atoms with E-state index in [4.69, 9.17) is 9.47 Å². The normalized spacial score (nSPS) is 16.2. The first kappa shape index (κ1) is 32.4. The van der Waals surface area contributed by atoms with Crippen LogP contribution in [0.4, 0.5) is 18.9 Å². The molecule has 2 aromatic heterocycles. The van der Waals surface area contributed by atoms with Gasteiger partial charge in [-0.3, -0.25) is 23.6 Å². The van der Waals surface area contributed by atoms with E-state index in [-0.39, 0.29) is 23.8 Å². The van der Waals surface area contributed by atoms with Gasteiger partial charge in [0.1, 0.15) is 11.3 Å². The van der Waals surface area contributed by atoms with Gasteiger partial charge in [-0.25, -0.2) is 4.79 Å². The number of aromatic amines is 1. The van der Waals surface area contributed by atoms with Crippen molar-refractivity contribution in [1.82, 2.24) is 23.9 Å². The van der Waals surface area contributed by atoms with Crippen LogP contribution in [0.15, 0.2) is 64.2 Å². The maximum Gasteiger partial charge on any atom is 0.416 e. The number of amides is 1. The number of morpholine rings is 1. The molecule has 2 aliphatic rings. The third kappa shape index (κ3) is 7.23. The average Bonchev–Trinajstić information content (AvgIpc) is 3.54. The van der Waals surface area contributed by atoms with E-state index < -0.39 is 11.7 Å². The number of fused-ring (bicyclic) bond motifs is 1. The van der Waals surface area contributed by atoms with Crippen molar-refractivity contribution in [2.24, 2.45) is 7.05 Å². The topological polar surface area (TPSA) is 105 Å². The van der Waals surface area contributed by atoms with E-state index in [1.165, 1.54) is 19.2 Å². The van der Waals surface area contributed by atoms with Crippen LogP contribution in [0.5, 0.6) is 5.75 Å². The molecule has 47 heavy (non-hydrogen) atoms. The number of aryl methyl sites for hydroxylation is 1. The number of ether oxygens (including phenoxy) is 2. The number of carbonyl (C=O) groups is 1. The second kappa shape index (κ2) is 13.7. The molecule has 14 heteroatoms. The molecule has 0 bridgehead atoms. The zero-order chi connectivity index (χ0) is 33.1. The lowest BCUT2D eigenvalue weighted by Crippen LogP contribution is -2.50. The van der Waals surface area contributed by atoms with Crippen molar-refractivity contribution in [2.75, 3.05) is 70.5 Å². The zero-order valence-electron chi connectivity index (χ0n) is 26.1. The minimum absolute atomic E-state index is 0.154. The quantitative estimate of drug-likeness (QED) is 0.296. The highest BCUT2D eigenvalue weighted by Crippen LogP contribution is 2.31. The summed E-state index contributed by atoms with van der Waals surface area (Å²) in [5.41, 5.74) is 1.63. The Hall–Kier alpha value is -4.56. The fourth-order valence-corrected chi connectivity index (χ4v) is 6.05. The van der Waals surface area contributed by atoms with E-state index in [1.54, 1.807) is 21.6 Å². The standard InChI is InChI=1S/C33H37F3N6O5/c1-38-31(44)30-28(42(32(38)45)12-2-11-39-17-19-46-20-18-39)21-27(37-30)23-3-9-26(10-4-23)47-22-29(43)41-15-13-40(14-16-41)25-7-5-24(6-8-25)33(34,35)36/h3-10,21,37H,2,11-20,22H2,1H3. The Morgan fingerprint density at radius 1 is 0.915 bits per heavy atom. The maximum atomic E-state index is 13.0. The lowest BCUT2D eigenvalue weighted by atomic mass is 10.1.